The molecule has 0 radical (unpaired) electrons. The van der Waals surface area contributed by atoms with E-state index in [4.69, 9.17) is 11.6 Å². The molecule has 3 aromatic rings. The lowest BCUT2D eigenvalue weighted by molar-refractivity contribution is -0.384. The zero-order valence-electron chi connectivity index (χ0n) is 16.9. The first kappa shape index (κ1) is 24.3. The quantitative estimate of drug-likeness (QED) is 0.313. The minimum atomic E-state index is -4.02. The molecule has 0 saturated carbocycles. The topological polar surface area (TPSA) is 110 Å². The standard InChI is InChI=1S/C22H20BrClN2O5S/c1-14(25-32(30,31)20-11-9-19(10-12-20)26(28)29)22(27)21(15-5-7-18(24)8-6-15)16-3-2-4-17(23)13-16/h2-14,21-22,25,27H,1H3. The maximum atomic E-state index is 12.8. The van der Waals surface area contributed by atoms with Crippen LogP contribution in [-0.2, 0) is 10.0 Å². The molecular formula is C22H20BrClN2O5S. The Morgan fingerprint density at radius 3 is 2.22 bits per heavy atom. The summed E-state index contributed by atoms with van der Waals surface area (Å²) in [6, 6.07) is 18.1. The number of rotatable bonds is 8. The molecule has 32 heavy (non-hydrogen) atoms. The maximum Gasteiger partial charge on any atom is 0.269 e. The number of nitrogens with one attached hydrogen (secondary N) is 1. The van der Waals surface area contributed by atoms with Crippen LogP contribution >= 0.6 is 27.5 Å². The molecule has 0 aliphatic rings. The number of hydrogen-bond donors (Lipinski definition) is 2. The number of nitro benzene ring substituents is 1. The third-order valence-corrected chi connectivity index (χ3v) is 7.31. The van der Waals surface area contributed by atoms with Crippen LogP contribution in [0.3, 0.4) is 0 Å². The van der Waals surface area contributed by atoms with E-state index < -0.39 is 33.0 Å². The minimum Gasteiger partial charge on any atom is -0.390 e. The Morgan fingerprint density at radius 2 is 1.66 bits per heavy atom. The van der Waals surface area contributed by atoms with Gasteiger partial charge in [0, 0.05) is 33.6 Å². The summed E-state index contributed by atoms with van der Waals surface area (Å²) in [5.41, 5.74) is 1.34. The van der Waals surface area contributed by atoms with Crippen LogP contribution in [0.5, 0.6) is 0 Å². The molecule has 0 aromatic heterocycles. The number of aliphatic hydroxyl groups excluding tert-OH is 1. The highest BCUT2D eigenvalue weighted by Gasteiger charge is 2.31. The number of nitrogens with zero attached hydrogens (tertiary/aromatic N) is 1. The molecule has 0 aliphatic carbocycles. The van der Waals surface area contributed by atoms with Crippen LogP contribution in [0.25, 0.3) is 0 Å². The zero-order chi connectivity index (χ0) is 23.5. The average Bonchev–Trinajstić information content (AvgIpc) is 2.75. The highest BCUT2D eigenvalue weighted by atomic mass is 79.9. The second kappa shape index (κ2) is 10.1. The SMILES string of the molecule is CC(NS(=O)(=O)c1ccc([N+](=O)[O-])cc1)C(O)C(c1ccc(Cl)cc1)c1cccc(Br)c1. The Hall–Kier alpha value is -2.30. The van der Waals surface area contributed by atoms with Crippen molar-refractivity contribution in [2.45, 2.75) is 29.9 Å². The van der Waals surface area contributed by atoms with E-state index in [0.29, 0.717) is 5.02 Å². The third-order valence-electron chi connectivity index (χ3n) is 4.99. The van der Waals surface area contributed by atoms with Crippen LogP contribution in [0.1, 0.15) is 24.0 Å². The molecule has 168 valence electrons. The van der Waals surface area contributed by atoms with Crippen molar-refractivity contribution >= 4 is 43.2 Å². The van der Waals surface area contributed by atoms with Gasteiger partial charge in [-0.05, 0) is 54.4 Å². The van der Waals surface area contributed by atoms with Gasteiger partial charge in [0.25, 0.3) is 5.69 Å². The summed E-state index contributed by atoms with van der Waals surface area (Å²) in [6.07, 6.45) is -1.13. The van der Waals surface area contributed by atoms with Crippen LogP contribution in [0.15, 0.2) is 82.2 Å². The van der Waals surface area contributed by atoms with E-state index in [1.54, 1.807) is 31.2 Å². The van der Waals surface area contributed by atoms with Gasteiger partial charge in [0.05, 0.1) is 15.9 Å². The molecular weight excluding hydrogens is 520 g/mol. The summed E-state index contributed by atoms with van der Waals surface area (Å²) in [5.74, 6) is -0.542. The number of halogens is 2. The van der Waals surface area contributed by atoms with Gasteiger partial charge in [-0.3, -0.25) is 10.1 Å². The van der Waals surface area contributed by atoms with E-state index in [1.165, 1.54) is 0 Å². The molecule has 3 atom stereocenters. The van der Waals surface area contributed by atoms with Gasteiger partial charge < -0.3 is 5.11 Å². The van der Waals surface area contributed by atoms with Gasteiger partial charge >= 0.3 is 0 Å². The smallest absolute Gasteiger partial charge is 0.269 e. The Morgan fingerprint density at radius 1 is 1.03 bits per heavy atom. The van der Waals surface area contributed by atoms with Crippen LogP contribution < -0.4 is 4.72 Å². The van der Waals surface area contributed by atoms with Crippen molar-refractivity contribution in [3.8, 4) is 0 Å². The van der Waals surface area contributed by atoms with Crippen molar-refractivity contribution in [3.63, 3.8) is 0 Å². The molecule has 0 spiro atoms. The number of benzene rings is 3. The Bertz CT molecular complexity index is 1200. The fraction of sp³-hybridized carbons (Fsp3) is 0.182. The number of hydrogen-bond acceptors (Lipinski definition) is 5. The van der Waals surface area contributed by atoms with Gasteiger partial charge in [0.15, 0.2) is 0 Å². The number of aliphatic hydroxyl groups is 1. The van der Waals surface area contributed by atoms with Crippen LogP contribution in [0.4, 0.5) is 5.69 Å². The van der Waals surface area contributed by atoms with Crippen LogP contribution in [0, 0.1) is 10.1 Å². The number of non-ortho nitro benzene ring substituents is 1. The summed E-state index contributed by atoms with van der Waals surface area (Å²) in [5, 5.41) is 22.6. The first-order chi connectivity index (χ1) is 15.1. The second-order valence-electron chi connectivity index (χ2n) is 7.24. The zero-order valence-corrected chi connectivity index (χ0v) is 20.0. The third kappa shape index (κ3) is 5.73. The first-order valence-corrected chi connectivity index (χ1v) is 12.2. The van der Waals surface area contributed by atoms with Gasteiger partial charge in [-0.1, -0.05) is 51.8 Å². The molecule has 7 nitrogen and oxygen atoms in total. The van der Waals surface area contributed by atoms with E-state index in [1.807, 2.05) is 24.3 Å². The summed E-state index contributed by atoms with van der Waals surface area (Å²) in [4.78, 5) is 10.1. The summed E-state index contributed by atoms with van der Waals surface area (Å²) >= 11 is 9.45. The lowest BCUT2D eigenvalue weighted by atomic mass is 9.84. The number of nitro groups is 1. The molecule has 3 unspecified atom stereocenters. The maximum absolute atomic E-state index is 12.8. The monoisotopic (exact) mass is 538 g/mol. The van der Waals surface area contributed by atoms with Crippen molar-refractivity contribution in [2.24, 2.45) is 0 Å². The number of sulfonamides is 1. The predicted molar refractivity (Wildman–Crippen MR) is 126 cm³/mol. The van der Waals surface area contributed by atoms with Gasteiger partial charge in [-0.25, -0.2) is 13.1 Å². The Balaban J connectivity index is 1.90. The molecule has 3 rings (SSSR count). The largest absolute Gasteiger partial charge is 0.390 e. The van der Waals surface area contributed by atoms with Gasteiger partial charge in [0.2, 0.25) is 10.0 Å². The van der Waals surface area contributed by atoms with Crippen molar-refractivity contribution in [1.29, 1.82) is 0 Å². The molecule has 0 amide bonds. The molecule has 0 heterocycles. The normalized spacial score (nSPS) is 14.5. The first-order valence-electron chi connectivity index (χ1n) is 9.54. The van der Waals surface area contributed by atoms with Crippen LogP contribution in [-0.4, -0.2) is 30.6 Å². The summed E-state index contributed by atoms with van der Waals surface area (Å²) in [7, 11) is -4.02. The van der Waals surface area contributed by atoms with E-state index in [0.717, 1.165) is 39.9 Å². The average molecular weight is 540 g/mol. The lowest BCUT2D eigenvalue weighted by Crippen LogP contribution is -2.44. The molecule has 0 fully saturated rings. The van der Waals surface area contributed by atoms with E-state index in [2.05, 4.69) is 20.7 Å². The summed E-state index contributed by atoms with van der Waals surface area (Å²) < 4.78 is 28.9. The van der Waals surface area contributed by atoms with Crippen molar-refractivity contribution in [1.82, 2.24) is 4.72 Å². The molecule has 10 heteroatoms. The van der Waals surface area contributed by atoms with Gasteiger partial charge in [-0.15, -0.1) is 0 Å². The minimum absolute atomic E-state index is 0.132. The fourth-order valence-corrected chi connectivity index (χ4v) is 5.18. The highest BCUT2D eigenvalue weighted by Crippen LogP contribution is 2.32. The lowest BCUT2D eigenvalue weighted by Gasteiger charge is -2.29. The molecule has 2 N–H and O–H groups in total. The Labute approximate surface area is 199 Å². The second-order valence-corrected chi connectivity index (χ2v) is 10.3. The van der Waals surface area contributed by atoms with E-state index in [-0.39, 0.29) is 10.6 Å². The van der Waals surface area contributed by atoms with Crippen LogP contribution in [0.2, 0.25) is 5.02 Å². The van der Waals surface area contributed by atoms with Crippen molar-refractivity contribution in [2.75, 3.05) is 0 Å². The van der Waals surface area contributed by atoms with E-state index in [9.17, 15) is 23.6 Å². The van der Waals surface area contributed by atoms with Gasteiger partial charge in [0.1, 0.15) is 0 Å². The van der Waals surface area contributed by atoms with E-state index >= 15 is 0 Å². The van der Waals surface area contributed by atoms with Crippen molar-refractivity contribution < 1.29 is 18.4 Å². The van der Waals surface area contributed by atoms with Gasteiger partial charge in [-0.2, -0.15) is 0 Å². The summed E-state index contributed by atoms with van der Waals surface area (Å²) in [6.45, 7) is 1.56. The molecule has 3 aromatic carbocycles. The molecule has 0 saturated heterocycles. The predicted octanol–water partition coefficient (Wildman–Crippen LogP) is 4.87. The highest BCUT2D eigenvalue weighted by molar-refractivity contribution is 9.10. The molecule has 0 bridgehead atoms. The van der Waals surface area contributed by atoms with Crippen molar-refractivity contribution in [3.05, 3.63) is 104 Å². The fourth-order valence-electron chi connectivity index (χ4n) is 3.38. The Kier molecular flexibility index (Phi) is 7.68. The molecule has 0 aliphatic heterocycles.